The Labute approximate surface area is 187 Å². The van der Waals surface area contributed by atoms with Crippen LogP contribution in [0.2, 0.25) is 5.02 Å². The Bertz CT molecular complexity index is 1240. The van der Waals surface area contributed by atoms with Crippen molar-refractivity contribution in [3.63, 3.8) is 0 Å². The number of imide groups is 1. The van der Waals surface area contributed by atoms with Gasteiger partial charge in [0.2, 0.25) is 0 Å². The molecule has 0 radical (unpaired) electrons. The Balaban J connectivity index is 1.87. The van der Waals surface area contributed by atoms with Gasteiger partial charge in [0, 0.05) is 10.7 Å². The first-order valence-electron chi connectivity index (χ1n) is 10.1. The average Bonchev–Trinajstić information content (AvgIpc) is 2.97. The number of rotatable bonds is 4. The Kier molecular flexibility index (Phi) is 5.42. The molecule has 156 valence electrons. The van der Waals surface area contributed by atoms with Crippen LogP contribution >= 0.6 is 11.6 Å². The molecule has 1 aliphatic rings. The van der Waals surface area contributed by atoms with Crippen LogP contribution in [0, 0.1) is 27.7 Å². The average molecular weight is 431 g/mol. The molecule has 3 aromatic carbocycles. The Hall–Kier alpha value is -3.37. The number of nitrogens with one attached hydrogen (secondary N) is 1. The van der Waals surface area contributed by atoms with Crippen LogP contribution in [-0.2, 0) is 9.59 Å². The third-order valence-corrected chi connectivity index (χ3v) is 5.85. The quantitative estimate of drug-likeness (QED) is 0.518. The van der Waals surface area contributed by atoms with Gasteiger partial charge in [-0.1, -0.05) is 53.6 Å². The summed E-state index contributed by atoms with van der Waals surface area (Å²) in [6.45, 7) is 7.86. The van der Waals surface area contributed by atoms with Crippen LogP contribution in [0.4, 0.5) is 11.4 Å². The van der Waals surface area contributed by atoms with Crippen LogP contribution in [0.3, 0.4) is 0 Å². The third-order valence-electron chi connectivity index (χ3n) is 5.61. The summed E-state index contributed by atoms with van der Waals surface area (Å²) in [5.74, 6) is -0.766. The van der Waals surface area contributed by atoms with Crippen molar-refractivity contribution in [2.45, 2.75) is 27.7 Å². The highest BCUT2D eigenvalue weighted by atomic mass is 35.5. The van der Waals surface area contributed by atoms with E-state index >= 15 is 0 Å². The van der Waals surface area contributed by atoms with Crippen LogP contribution in [0.25, 0.3) is 5.57 Å². The van der Waals surface area contributed by atoms with Crippen molar-refractivity contribution in [3.05, 3.63) is 99.2 Å². The number of amides is 2. The molecule has 0 atom stereocenters. The van der Waals surface area contributed by atoms with Crippen molar-refractivity contribution in [1.82, 2.24) is 0 Å². The van der Waals surface area contributed by atoms with Gasteiger partial charge >= 0.3 is 0 Å². The number of carbonyl (C=O) groups excluding carboxylic acids is 2. The second-order valence-electron chi connectivity index (χ2n) is 7.92. The van der Waals surface area contributed by atoms with Crippen molar-refractivity contribution >= 4 is 40.4 Å². The lowest BCUT2D eigenvalue weighted by Crippen LogP contribution is -2.33. The van der Waals surface area contributed by atoms with Crippen molar-refractivity contribution < 1.29 is 9.59 Å². The first-order valence-corrected chi connectivity index (χ1v) is 10.4. The number of aryl methyl sites for hydroxylation is 4. The standard InChI is InChI=1S/C26H23ClN2O2/c1-15-5-11-21(12-6-15)28-24-23(19-9-7-16(2)18(4)13-19)25(30)29(26(24)31)22-14-20(27)10-8-17(22)3/h5-14,28H,1-4H3. The van der Waals surface area contributed by atoms with Gasteiger partial charge < -0.3 is 5.32 Å². The molecule has 0 spiro atoms. The maximum Gasteiger partial charge on any atom is 0.282 e. The van der Waals surface area contributed by atoms with Crippen LogP contribution in [-0.4, -0.2) is 11.8 Å². The molecule has 4 nitrogen and oxygen atoms in total. The lowest BCUT2D eigenvalue weighted by atomic mass is 9.99. The summed E-state index contributed by atoms with van der Waals surface area (Å²) >= 11 is 6.18. The van der Waals surface area contributed by atoms with Crippen molar-refractivity contribution in [2.24, 2.45) is 0 Å². The van der Waals surface area contributed by atoms with Gasteiger partial charge in [0.15, 0.2) is 0 Å². The fourth-order valence-electron chi connectivity index (χ4n) is 3.63. The number of halogens is 1. The SMILES string of the molecule is Cc1ccc(NC2=C(c3ccc(C)c(C)c3)C(=O)N(c3cc(Cl)ccc3C)C2=O)cc1. The predicted molar refractivity (Wildman–Crippen MR) is 126 cm³/mol. The molecule has 2 amide bonds. The zero-order valence-corrected chi connectivity index (χ0v) is 18.7. The maximum atomic E-state index is 13.6. The zero-order chi connectivity index (χ0) is 22.3. The molecule has 4 rings (SSSR count). The normalized spacial score (nSPS) is 13.9. The molecular weight excluding hydrogens is 408 g/mol. The summed E-state index contributed by atoms with van der Waals surface area (Å²) in [6, 6.07) is 18.7. The molecular formula is C26H23ClN2O2. The second-order valence-corrected chi connectivity index (χ2v) is 8.35. The number of carbonyl (C=O) groups is 2. The summed E-state index contributed by atoms with van der Waals surface area (Å²) in [5.41, 5.74) is 6.63. The van der Waals surface area contributed by atoms with Crippen LogP contribution < -0.4 is 10.2 Å². The number of benzene rings is 3. The maximum absolute atomic E-state index is 13.6. The lowest BCUT2D eigenvalue weighted by Gasteiger charge is -2.18. The van der Waals surface area contributed by atoms with Crippen molar-refractivity contribution in [3.8, 4) is 0 Å². The summed E-state index contributed by atoms with van der Waals surface area (Å²) in [4.78, 5) is 28.3. The van der Waals surface area contributed by atoms with E-state index in [1.165, 1.54) is 4.90 Å². The highest BCUT2D eigenvalue weighted by Crippen LogP contribution is 2.36. The fraction of sp³-hybridized carbons (Fsp3) is 0.154. The first-order chi connectivity index (χ1) is 14.8. The van der Waals surface area contributed by atoms with Gasteiger partial charge in [0.25, 0.3) is 11.8 Å². The molecule has 0 unspecified atom stereocenters. The molecule has 0 aromatic heterocycles. The van der Waals surface area contributed by atoms with Gasteiger partial charge in [0.1, 0.15) is 5.70 Å². The molecule has 0 aliphatic carbocycles. The fourth-order valence-corrected chi connectivity index (χ4v) is 3.80. The van der Waals surface area contributed by atoms with E-state index in [0.29, 0.717) is 21.8 Å². The molecule has 1 heterocycles. The van der Waals surface area contributed by atoms with Crippen molar-refractivity contribution in [2.75, 3.05) is 10.2 Å². The van der Waals surface area contributed by atoms with E-state index in [1.54, 1.807) is 18.2 Å². The number of hydrogen-bond donors (Lipinski definition) is 1. The van der Waals surface area contributed by atoms with Crippen LogP contribution in [0.5, 0.6) is 0 Å². The number of nitrogens with zero attached hydrogens (tertiary/aromatic N) is 1. The summed E-state index contributed by atoms with van der Waals surface area (Å²) in [5, 5.41) is 3.67. The first kappa shape index (κ1) is 20.9. The zero-order valence-electron chi connectivity index (χ0n) is 17.9. The van der Waals surface area contributed by atoms with Crippen LogP contribution in [0.1, 0.15) is 27.8 Å². The Morgan fingerprint density at radius 3 is 2.10 bits per heavy atom. The number of hydrogen-bond acceptors (Lipinski definition) is 3. The third kappa shape index (κ3) is 3.87. The van der Waals surface area contributed by atoms with E-state index in [-0.39, 0.29) is 11.6 Å². The topological polar surface area (TPSA) is 49.4 Å². The largest absolute Gasteiger partial charge is 0.350 e. The molecule has 0 saturated carbocycles. The lowest BCUT2D eigenvalue weighted by molar-refractivity contribution is -0.120. The Morgan fingerprint density at radius 1 is 0.742 bits per heavy atom. The minimum Gasteiger partial charge on any atom is -0.350 e. The molecule has 0 fully saturated rings. The summed E-state index contributed by atoms with van der Waals surface area (Å²) in [7, 11) is 0. The van der Waals surface area contributed by atoms with Crippen molar-refractivity contribution in [1.29, 1.82) is 0 Å². The van der Waals surface area contributed by atoms with E-state index in [4.69, 9.17) is 11.6 Å². The highest BCUT2D eigenvalue weighted by Gasteiger charge is 2.41. The van der Waals surface area contributed by atoms with E-state index < -0.39 is 5.91 Å². The van der Waals surface area contributed by atoms with Gasteiger partial charge in [-0.15, -0.1) is 0 Å². The summed E-state index contributed by atoms with van der Waals surface area (Å²) in [6.07, 6.45) is 0. The smallest absolute Gasteiger partial charge is 0.282 e. The molecule has 3 aromatic rings. The van der Waals surface area contributed by atoms with Gasteiger partial charge in [-0.2, -0.15) is 0 Å². The minimum absolute atomic E-state index is 0.261. The highest BCUT2D eigenvalue weighted by molar-refractivity contribution is 6.46. The molecule has 1 aliphatic heterocycles. The van der Waals surface area contributed by atoms with Crippen LogP contribution in [0.15, 0.2) is 66.4 Å². The molecule has 1 N–H and O–H groups in total. The van der Waals surface area contributed by atoms with E-state index in [0.717, 1.165) is 27.9 Å². The number of anilines is 2. The minimum atomic E-state index is -0.399. The molecule has 5 heteroatoms. The molecule has 0 bridgehead atoms. The summed E-state index contributed by atoms with van der Waals surface area (Å²) < 4.78 is 0. The van der Waals surface area contributed by atoms with E-state index in [1.807, 2.05) is 70.2 Å². The molecule has 31 heavy (non-hydrogen) atoms. The Morgan fingerprint density at radius 2 is 1.42 bits per heavy atom. The van der Waals surface area contributed by atoms with Gasteiger partial charge in [-0.3, -0.25) is 9.59 Å². The van der Waals surface area contributed by atoms with E-state index in [2.05, 4.69) is 5.32 Å². The van der Waals surface area contributed by atoms with Gasteiger partial charge in [0.05, 0.1) is 11.3 Å². The predicted octanol–water partition coefficient (Wildman–Crippen LogP) is 5.97. The monoisotopic (exact) mass is 430 g/mol. The van der Waals surface area contributed by atoms with Gasteiger partial charge in [-0.05, 0) is 74.2 Å². The second kappa shape index (κ2) is 8.05. The van der Waals surface area contributed by atoms with Gasteiger partial charge in [-0.25, -0.2) is 4.90 Å². The molecule has 0 saturated heterocycles. The van der Waals surface area contributed by atoms with E-state index in [9.17, 15) is 9.59 Å².